The van der Waals surface area contributed by atoms with E-state index in [2.05, 4.69) is 15.9 Å². The average molecular weight is 379 g/mol. The Morgan fingerprint density at radius 1 is 1.27 bits per heavy atom. The fourth-order valence-electron chi connectivity index (χ4n) is 2.23. The topological polar surface area (TPSA) is 38.4 Å². The number of furan rings is 1. The number of halogens is 1. The molecule has 3 rings (SSSR count). The molecule has 114 valence electrons. The van der Waals surface area contributed by atoms with Gasteiger partial charge in [0.2, 0.25) is 0 Å². The molecule has 0 saturated heterocycles. The van der Waals surface area contributed by atoms with Crippen LogP contribution >= 0.6 is 27.3 Å². The quantitative estimate of drug-likeness (QED) is 0.664. The molecule has 1 amide bonds. The molecule has 0 saturated carbocycles. The van der Waals surface area contributed by atoms with Crippen molar-refractivity contribution in [1.29, 1.82) is 0 Å². The van der Waals surface area contributed by atoms with Crippen molar-refractivity contribution >= 4 is 33.2 Å². The van der Waals surface area contributed by atoms with E-state index in [9.17, 15) is 4.79 Å². The second kappa shape index (κ2) is 6.54. The van der Waals surface area contributed by atoms with E-state index < -0.39 is 0 Å². The van der Waals surface area contributed by atoms with Gasteiger partial charge < -0.3 is 13.9 Å². The molecule has 22 heavy (non-hydrogen) atoms. The lowest BCUT2D eigenvalue weighted by atomic mass is 10.3. The normalized spacial score (nSPS) is 10.8. The van der Waals surface area contributed by atoms with Gasteiger partial charge in [0.05, 0.1) is 13.1 Å². The Balaban J connectivity index is 1.85. The van der Waals surface area contributed by atoms with Crippen LogP contribution in [0.15, 0.2) is 57.1 Å². The third-order valence-corrected chi connectivity index (χ3v) is 4.69. The monoisotopic (exact) mass is 378 g/mol. The largest absolute Gasteiger partial charge is 0.444 e. The number of amides is 1. The van der Waals surface area contributed by atoms with Gasteiger partial charge in [0.1, 0.15) is 0 Å². The number of nitrogens with zero attached hydrogens (tertiary/aromatic N) is 2. The number of hydrogen-bond donors (Lipinski definition) is 0. The zero-order chi connectivity index (χ0) is 15.5. The molecule has 3 heterocycles. The van der Waals surface area contributed by atoms with E-state index in [1.165, 1.54) is 0 Å². The van der Waals surface area contributed by atoms with Gasteiger partial charge in [-0.3, -0.25) is 4.79 Å². The molecule has 6 heteroatoms. The first-order chi connectivity index (χ1) is 10.6. The van der Waals surface area contributed by atoms with Gasteiger partial charge >= 0.3 is 0 Å². The van der Waals surface area contributed by atoms with Crippen LogP contribution in [0.3, 0.4) is 0 Å². The van der Waals surface area contributed by atoms with E-state index in [0.29, 0.717) is 23.5 Å². The Morgan fingerprint density at radius 2 is 2.14 bits per heavy atom. The van der Waals surface area contributed by atoms with Crippen molar-refractivity contribution in [3.63, 3.8) is 0 Å². The number of carbonyl (C=O) groups excluding carboxylic acids is 1. The van der Waals surface area contributed by atoms with Crippen LogP contribution in [0.4, 0.5) is 0 Å². The van der Waals surface area contributed by atoms with Gasteiger partial charge in [-0.25, -0.2) is 0 Å². The van der Waals surface area contributed by atoms with Gasteiger partial charge in [0.15, 0.2) is 10.4 Å². The summed E-state index contributed by atoms with van der Waals surface area (Å²) in [5.74, 6) is 0.234. The zero-order valence-electron chi connectivity index (χ0n) is 12.0. The maximum Gasteiger partial charge on any atom is 0.290 e. The Bertz CT molecular complexity index is 761. The van der Waals surface area contributed by atoms with E-state index in [0.717, 1.165) is 10.6 Å². The molecule has 4 nitrogen and oxygen atoms in total. The average Bonchev–Trinajstić information content (AvgIpc) is 3.22. The van der Waals surface area contributed by atoms with Crippen molar-refractivity contribution in [3.05, 3.63) is 69.0 Å². The maximum atomic E-state index is 12.7. The lowest BCUT2D eigenvalue weighted by Gasteiger charge is -2.21. The SMILES string of the molecule is Cn1cccc1CN(Cc1cccs1)C(=O)c1ccc(Br)o1. The van der Waals surface area contributed by atoms with Crippen molar-refractivity contribution in [2.24, 2.45) is 7.05 Å². The second-order valence-electron chi connectivity index (χ2n) is 4.95. The van der Waals surface area contributed by atoms with E-state index in [1.54, 1.807) is 28.4 Å². The fraction of sp³-hybridized carbons (Fsp3) is 0.188. The number of carbonyl (C=O) groups is 1. The van der Waals surface area contributed by atoms with Crippen molar-refractivity contribution in [2.45, 2.75) is 13.1 Å². The van der Waals surface area contributed by atoms with Crippen molar-refractivity contribution in [3.8, 4) is 0 Å². The van der Waals surface area contributed by atoms with E-state index >= 15 is 0 Å². The molecule has 0 fully saturated rings. The van der Waals surface area contributed by atoms with Crippen LogP contribution in [0.1, 0.15) is 21.1 Å². The summed E-state index contributed by atoms with van der Waals surface area (Å²) in [5.41, 5.74) is 1.08. The molecule has 0 bridgehead atoms. The smallest absolute Gasteiger partial charge is 0.290 e. The summed E-state index contributed by atoms with van der Waals surface area (Å²) >= 11 is 4.89. The third kappa shape index (κ3) is 3.34. The summed E-state index contributed by atoms with van der Waals surface area (Å²) in [6.07, 6.45) is 1.98. The lowest BCUT2D eigenvalue weighted by molar-refractivity contribution is 0.0694. The van der Waals surface area contributed by atoms with Gasteiger partial charge in [0, 0.05) is 23.8 Å². The van der Waals surface area contributed by atoms with Crippen LogP contribution in [-0.2, 0) is 20.1 Å². The second-order valence-corrected chi connectivity index (χ2v) is 6.77. The van der Waals surface area contributed by atoms with Crippen LogP contribution in [-0.4, -0.2) is 15.4 Å². The predicted octanol–water partition coefficient (Wildman–Crippen LogP) is 4.28. The van der Waals surface area contributed by atoms with Gasteiger partial charge in [0.25, 0.3) is 5.91 Å². The van der Waals surface area contributed by atoms with Crippen molar-refractivity contribution in [2.75, 3.05) is 0 Å². The van der Waals surface area contributed by atoms with Crippen LogP contribution in [0.5, 0.6) is 0 Å². The van der Waals surface area contributed by atoms with E-state index in [-0.39, 0.29) is 5.91 Å². The summed E-state index contributed by atoms with van der Waals surface area (Å²) in [7, 11) is 1.98. The highest BCUT2D eigenvalue weighted by molar-refractivity contribution is 9.10. The molecule has 0 unspecified atom stereocenters. The number of thiophene rings is 1. The number of aryl methyl sites for hydroxylation is 1. The Labute approximate surface area is 141 Å². The first-order valence-electron chi connectivity index (χ1n) is 6.80. The highest BCUT2D eigenvalue weighted by Gasteiger charge is 2.21. The minimum Gasteiger partial charge on any atom is -0.444 e. The molecule has 3 aromatic heterocycles. The van der Waals surface area contributed by atoms with Crippen LogP contribution in [0, 0.1) is 0 Å². The molecule has 3 aromatic rings. The first-order valence-corrected chi connectivity index (χ1v) is 8.48. The summed E-state index contributed by atoms with van der Waals surface area (Å²) in [6, 6.07) is 11.5. The van der Waals surface area contributed by atoms with Crippen LogP contribution in [0.2, 0.25) is 0 Å². The Hall–Kier alpha value is -1.79. The predicted molar refractivity (Wildman–Crippen MR) is 89.7 cm³/mol. The molecule has 0 radical (unpaired) electrons. The molecule has 0 aromatic carbocycles. The molecular weight excluding hydrogens is 364 g/mol. The number of hydrogen-bond acceptors (Lipinski definition) is 3. The summed E-state index contributed by atoms with van der Waals surface area (Å²) in [6.45, 7) is 1.11. The molecule has 0 atom stereocenters. The molecule has 0 aliphatic carbocycles. The van der Waals surface area contributed by atoms with Crippen molar-refractivity contribution in [1.82, 2.24) is 9.47 Å². The van der Waals surface area contributed by atoms with E-state index in [1.807, 2.05) is 47.5 Å². The minimum absolute atomic E-state index is 0.111. The van der Waals surface area contributed by atoms with Crippen LogP contribution in [0.25, 0.3) is 0 Å². The van der Waals surface area contributed by atoms with Gasteiger partial charge in [-0.1, -0.05) is 6.07 Å². The Morgan fingerprint density at radius 3 is 2.73 bits per heavy atom. The molecule has 0 spiro atoms. The van der Waals surface area contributed by atoms with Gasteiger partial charge in [-0.05, 0) is 51.6 Å². The summed E-state index contributed by atoms with van der Waals surface area (Å²) in [4.78, 5) is 15.7. The standard InChI is InChI=1S/C16H15BrN2O2S/c1-18-8-2-4-12(18)10-19(11-13-5-3-9-22-13)16(20)14-6-7-15(17)21-14/h2-9H,10-11H2,1H3. The highest BCUT2D eigenvalue weighted by Crippen LogP contribution is 2.20. The lowest BCUT2D eigenvalue weighted by Crippen LogP contribution is -2.30. The summed E-state index contributed by atoms with van der Waals surface area (Å²) < 4.78 is 8.00. The maximum absolute atomic E-state index is 12.7. The highest BCUT2D eigenvalue weighted by atomic mass is 79.9. The summed E-state index contributed by atoms with van der Waals surface area (Å²) in [5, 5.41) is 2.02. The number of aromatic nitrogens is 1. The van der Waals surface area contributed by atoms with Crippen LogP contribution < -0.4 is 0 Å². The van der Waals surface area contributed by atoms with E-state index in [4.69, 9.17) is 4.42 Å². The molecular formula is C16H15BrN2O2S. The molecule has 0 aliphatic heterocycles. The molecule has 0 aliphatic rings. The number of rotatable bonds is 5. The van der Waals surface area contributed by atoms with Crippen molar-refractivity contribution < 1.29 is 9.21 Å². The van der Waals surface area contributed by atoms with Gasteiger partial charge in [-0.15, -0.1) is 11.3 Å². The zero-order valence-corrected chi connectivity index (χ0v) is 14.4. The van der Waals surface area contributed by atoms with Gasteiger partial charge in [-0.2, -0.15) is 0 Å². The first kappa shape index (κ1) is 15.1. The Kier molecular flexibility index (Phi) is 4.49. The fourth-order valence-corrected chi connectivity index (χ4v) is 3.26. The molecule has 0 N–H and O–H groups in total. The third-order valence-electron chi connectivity index (χ3n) is 3.40. The minimum atomic E-state index is -0.111.